The van der Waals surface area contributed by atoms with Crippen LogP contribution >= 0.6 is 0 Å². The van der Waals surface area contributed by atoms with Crippen LogP contribution < -0.4 is 0 Å². The van der Waals surface area contributed by atoms with Crippen LogP contribution in [0.5, 0.6) is 0 Å². The van der Waals surface area contributed by atoms with Crippen molar-refractivity contribution in [2.24, 2.45) is 0 Å². The lowest BCUT2D eigenvalue weighted by molar-refractivity contribution is 0.662. The van der Waals surface area contributed by atoms with Crippen LogP contribution in [0.1, 0.15) is 0 Å². The van der Waals surface area contributed by atoms with Crippen LogP contribution in [0.25, 0.3) is 149 Å². The van der Waals surface area contributed by atoms with E-state index in [0.29, 0.717) is 22.6 Å². The van der Waals surface area contributed by atoms with Crippen LogP contribution in [0.3, 0.4) is 0 Å². The minimum absolute atomic E-state index is 0.537. The minimum Gasteiger partial charge on any atom is -0.455 e. The Bertz CT molecular complexity index is 4550. The van der Waals surface area contributed by atoms with E-state index in [1.54, 1.807) is 0 Å². The van der Waals surface area contributed by atoms with Crippen molar-refractivity contribution in [1.82, 2.24) is 14.5 Å². The Kier molecular flexibility index (Phi) is 7.13. The van der Waals surface area contributed by atoms with Gasteiger partial charge in [-0.05, 0) is 94.0 Å². The van der Waals surface area contributed by atoms with Crippen LogP contribution in [0.4, 0.5) is 0 Å². The molecule has 0 fully saturated rings. The van der Waals surface area contributed by atoms with Crippen LogP contribution in [0.2, 0.25) is 0 Å². The highest BCUT2D eigenvalue weighted by atomic mass is 16.3. The van der Waals surface area contributed by atoms with Crippen LogP contribution in [-0.2, 0) is 0 Å². The second-order valence-corrected chi connectivity index (χ2v) is 17.2. The molecule has 0 aliphatic carbocycles. The summed E-state index contributed by atoms with van der Waals surface area (Å²) in [5.74, 6) is 0.537. The van der Waals surface area contributed by atoms with Crippen molar-refractivity contribution >= 4 is 109 Å². The van der Waals surface area contributed by atoms with E-state index in [1.165, 1.54) is 32.4 Å². The number of nitrogens with zero attached hydrogens (tertiary/aromatic N) is 3. The number of rotatable bonds is 4. The number of para-hydroxylation sites is 5. The van der Waals surface area contributed by atoms with Crippen molar-refractivity contribution in [1.29, 1.82) is 0 Å². The Morgan fingerprint density at radius 1 is 0.333 bits per heavy atom. The number of fused-ring (bicyclic) bond motifs is 14. The molecule has 0 unspecified atom stereocenters. The van der Waals surface area contributed by atoms with Gasteiger partial charge in [-0.1, -0.05) is 133 Å². The maximum atomic E-state index is 6.87. The maximum absolute atomic E-state index is 6.87. The van der Waals surface area contributed by atoms with Crippen molar-refractivity contribution in [2.45, 2.75) is 0 Å². The maximum Gasteiger partial charge on any atom is 0.180 e. The van der Waals surface area contributed by atoms with Crippen molar-refractivity contribution in [3.63, 3.8) is 0 Å². The van der Waals surface area contributed by atoms with E-state index in [1.807, 2.05) is 42.5 Å². The molecule has 0 spiro atoms. The molecule has 6 nitrogen and oxygen atoms in total. The van der Waals surface area contributed by atoms with Crippen molar-refractivity contribution in [2.75, 3.05) is 0 Å². The molecular formula is C60H33N3O3. The molecule has 15 rings (SSSR count). The lowest BCUT2D eigenvalue weighted by Gasteiger charge is -2.15. The number of aromatic nitrogens is 3. The van der Waals surface area contributed by atoms with E-state index in [2.05, 4.69) is 162 Å². The monoisotopic (exact) mass is 843 g/mol. The first-order valence-electron chi connectivity index (χ1n) is 22.2. The SMILES string of the molecule is c1ccc2cc3c(cc2c1)c1ccccc1n3-c1cc(-c2ccc3oc4c(-c5cccc6c5oc5ccccc56)nc(-c5cccc6c5oc5ccccc56)nc4c3c2)cc2ccccc12. The fourth-order valence-corrected chi connectivity index (χ4v) is 10.5. The summed E-state index contributed by atoms with van der Waals surface area (Å²) in [6.45, 7) is 0. The Balaban J connectivity index is 0.996. The molecule has 0 aliphatic rings. The second-order valence-electron chi connectivity index (χ2n) is 17.2. The van der Waals surface area contributed by atoms with Gasteiger partial charge in [0, 0.05) is 48.7 Å². The number of benzene rings is 10. The molecule has 0 N–H and O–H groups in total. The molecule has 6 heteroatoms. The third-order valence-electron chi connectivity index (χ3n) is 13.6. The van der Waals surface area contributed by atoms with Gasteiger partial charge < -0.3 is 17.8 Å². The fraction of sp³-hybridized carbons (Fsp3) is 0. The van der Waals surface area contributed by atoms with Gasteiger partial charge in [0.2, 0.25) is 0 Å². The zero-order valence-electron chi connectivity index (χ0n) is 35.1. The van der Waals surface area contributed by atoms with Gasteiger partial charge in [0.1, 0.15) is 39.1 Å². The number of hydrogen-bond acceptors (Lipinski definition) is 5. The quantitative estimate of drug-likeness (QED) is 0.176. The Morgan fingerprint density at radius 2 is 0.924 bits per heavy atom. The van der Waals surface area contributed by atoms with Gasteiger partial charge in [0.05, 0.1) is 22.3 Å². The largest absolute Gasteiger partial charge is 0.455 e. The van der Waals surface area contributed by atoms with Gasteiger partial charge in [-0.3, -0.25) is 0 Å². The predicted molar refractivity (Wildman–Crippen MR) is 270 cm³/mol. The van der Waals surface area contributed by atoms with E-state index < -0.39 is 0 Å². The van der Waals surface area contributed by atoms with Gasteiger partial charge in [0.25, 0.3) is 0 Å². The second kappa shape index (κ2) is 13.3. The predicted octanol–water partition coefficient (Wildman–Crippen LogP) is 16.6. The van der Waals surface area contributed by atoms with Crippen molar-refractivity contribution in [3.05, 3.63) is 200 Å². The molecule has 0 aliphatic heterocycles. The third-order valence-corrected chi connectivity index (χ3v) is 13.6. The van der Waals surface area contributed by atoms with Gasteiger partial charge in [0.15, 0.2) is 11.4 Å². The summed E-state index contributed by atoms with van der Waals surface area (Å²) < 4.78 is 22.5. The van der Waals surface area contributed by atoms with Gasteiger partial charge in [-0.2, -0.15) is 0 Å². The van der Waals surface area contributed by atoms with E-state index in [4.69, 9.17) is 23.2 Å². The van der Waals surface area contributed by atoms with Crippen LogP contribution in [0.15, 0.2) is 213 Å². The van der Waals surface area contributed by atoms with Gasteiger partial charge in [-0.15, -0.1) is 0 Å². The fourth-order valence-electron chi connectivity index (χ4n) is 10.5. The first-order valence-corrected chi connectivity index (χ1v) is 22.2. The molecule has 306 valence electrons. The summed E-state index contributed by atoms with van der Waals surface area (Å²) in [4.78, 5) is 10.8. The molecule has 0 saturated carbocycles. The first-order chi connectivity index (χ1) is 32.7. The Labute approximate surface area is 375 Å². The standard InChI is InChI=1S/C60H33N3O3/c1-2-14-35-32-51-47(30-34(35)13-1)40-17-5-8-24-49(40)63(51)50-33-38(29-37-15-3-4-16-39(37)50)36-27-28-54-48(31-36)56-59(66-54)55(45-22-11-20-43-41-18-6-9-25-52(41)64-57(43)45)61-60(62-56)46-23-12-21-44-42-19-7-10-26-53(42)65-58(44)46/h1-33H. The highest BCUT2D eigenvalue weighted by Crippen LogP contribution is 2.44. The smallest absolute Gasteiger partial charge is 0.180 e. The average Bonchev–Trinajstić information content (AvgIpc) is 4.14. The summed E-state index contributed by atoms with van der Waals surface area (Å²) in [5, 5.41) is 12.2. The normalized spacial score (nSPS) is 12.2. The molecule has 0 atom stereocenters. The Morgan fingerprint density at radius 3 is 1.70 bits per heavy atom. The van der Waals surface area contributed by atoms with Crippen LogP contribution in [0, 0.1) is 0 Å². The lowest BCUT2D eigenvalue weighted by Crippen LogP contribution is -1.96. The van der Waals surface area contributed by atoms with E-state index >= 15 is 0 Å². The molecule has 0 radical (unpaired) electrons. The summed E-state index contributed by atoms with van der Waals surface area (Å²) in [6.07, 6.45) is 0. The molecule has 66 heavy (non-hydrogen) atoms. The van der Waals surface area contributed by atoms with Gasteiger partial charge >= 0.3 is 0 Å². The molecule has 10 aromatic carbocycles. The zero-order chi connectivity index (χ0) is 43.0. The molecule has 5 heterocycles. The lowest BCUT2D eigenvalue weighted by atomic mass is 9.98. The molecule has 15 aromatic rings. The first kappa shape index (κ1) is 35.5. The summed E-state index contributed by atoms with van der Waals surface area (Å²) in [5.41, 5.74) is 13.0. The van der Waals surface area contributed by atoms with Gasteiger partial charge in [-0.25, -0.2) is 9.97 Å². The number of hydrogen-bond donors (Lipinski definition) is 0. The van der Waals surface area contributed by atoms with Crippen molar-refractivity contribution < 1.29 is 13.3 Å². The minimum atomic E-state index is 0.537. The van der Waals surface area contributed by atoms with E-state index in [-0.39, 0.29) is 0 Å². The topological polar surface area (TPSA) is 70.1 Å². The van der Waals surface area contributed by atoms with E-state index in [0.717, 1.165) is 93.7 Å². The molecule has 5 aromatic heterocycles. The highest BCUT2D eigenvalue weighted by Gasteiger charge is 2.24. The summed E-state index contributed by atoms with van der Waals surface area (Å²) in [7, 11) is 0. The van der Waals surface area contributed by atoms with E-state index in [9.17, 15) is 0 Å². The molecular weight excluding hydrogens is 811 g/mol. The molecule has 0 bridgehead atoms. The number of furan rings is 3. The summed E-state index contributed by atoms with van der Waals surface area (Å²) in [6, 6.07) is 70.5. The average molecular weight is 844 g/mol. The van der Waals surface area contributed by atoms with Crippen LogP contribution in [-0.4, -0.2) is 14.5 Å². The third kappa shape index (κ3) is 5.01. The molecule has 0 amide bonds. The summed E-state index contributed by atoms with van der Waals surface area (Å²) >= 11 is 0. The zero-order valence-corrected chi connectivity index (χ0v) is 35.1. The molecule has 0 saturated heterocycles. The Hall–Kier alpha value is -9.00. The highest BCUT2D eigenvalue weighted by molar-refractivity contribution is 6.17. The van der Waals surface area contributed by atoms with Crippen molar-refractivity contribution in [3.8, 4) is 39.5 Å².